The van der Waals surface area contributed by atoms with Crippen LogP contribution < -0.4 is 0 Å². The average molecular weight is 246 g/mol. The van der Waals surface area contributed by atoms with Crippen LogP contribution in [0, 0.1) is 6.92 Å². The molecule has 0 aliphatic carbocycles. The SMILES string of the molecule is Cc1ccc(/C(Cl)=N\OC(=O)CCl)cc1. The molecule has 0 aliphatic rings. The summed E-state index contributed by atoms with van der Waals surface area (Å²) in [5.74, 6) is -0.886. The number of carbonyl (C=O) groups excluding carboxylic acids is 1. The van der Waals surface area contributed by atoms with Crippen LogP contribution in [0.4, 0.5) is 0 Å². The summed E-state index contributed by atoms with van der Waals surface area (Å²) in [7, 11) is 0. The molecule has 15 heavy (non-hydrogen) atoms. The molecule has 0 atom stereocenters. The number of nitrogens with zero attached hydrogens (tertiary/aromatic N) is 1. The van der Waals surface area contributed by atoms with Gasteiger partial charge in [0, 0.05) is 5.56 Å². The van der Waals surface area contributed by atoms with E-state index in [-0.39, 0.29) is 11.1 Å². The molecule has 3 nitrogen and oxygen atoms in total. The summed E-state index contributed by atoms with van der Waals surface area (Å²) in [6.07, 6.45) is 0. The summed E-state index contributed by atoms with van der Waals surface area (Å²) >= 11 is 11.0. The number of carbonyl (C=O) groups is 1. The minimum Gasteiger partial charge on any atom is -0.315 e. The Hall–Kier alpha value is -1.06. The predicted molar refractivity (Wildman–Crippen MR) is 60.4 cm³/mol. The monoisotopic (exact) mass is 245 g/mol. The summed E-state index contributed by atoms with van der Waals surface area (Å²) in [4.78, 5) is 15.1. The molecule has 0 unspecified atom stereocenters. The van der Waals surface area contributed by atoms with Gasteiger partial charge in [0.1, 0.15) is 5.88 Å². The Morgan fingerprint density at radius 2 is 2.00 bits per heavy atom. The van der Waals surface area contributed by atoms with Crippen LogP contribution in [0.5, 0.6) is 0 Å². The molecular weight excluding hydrogens is 237 g/mol. The second-order valence-corrected chi connectivity index (χ2v) is 3.47. The number of rotatable bonds is 3. The second kappa shape index (κ2) is 5.73. The Morgan fingerprint density at radius 1 is 1.40 bits per heavy atom. The number of benzene rings is 1. The maximum Gasteiger partial charge on any atom is 0.349 e. The smallest absolute Gasteiger partial charge is 0.315 e. The van der Waals surface area contributed by atoms with Crippen molar-refractivity contribution >= 4 is 34.3 Å². The van der Waals surface area contributed by atoms with Crippen molar-refractivity contribution in [3.05, 3.63) is 35.4 Å². The lowest BCUT2D eigenvalue weighted by Gasteiger charge is -1.98. The molecule has 80 valence electrons. The molecule has 5 heteroatoms. The molecule has 1 rings (SSSR count). The molecule has 0 fully saturated rings. The van der Waals surface area contributed by atoms with Crippen LogP contribution in [0.25, 0.3) is 0 Å². The fourth-order valence-electron chi connectivity index (χ4n) is 0.859. The Bertz CT molecular complexity index is 374. The van der Waals surface area contributed by atoms with Crippen molar-refractivity contribution in [2.45, 2.75) is 6.92 Å². The molecule has 0 heterocycles. The van der Waals surface area contributed by atoms with Crippen LogP contribution in [0.1, 0.15) is 11.1 Å². The Morgan fingerprint density at radius 3 is 2.53 bits per heavy atom. The zero-order valence-corrected chi connectivity index (χ0v) is 9.55. The van der Waals surface area contributed by atoms with Gasteiger partial charge in [-0.05, 0) is 6.92 Å². The molecule has 0 spiro atoms. The van der Waals surface area contributed by atoms with E-state index < -0.39 is 5.97 Å². The van der Waals surface area contributed by atoms with Crippen molar-refractivity contribution in [2.24, 2.45) is 5.16 Å². The molecule has 0 aromatic heterocycles. The van der Waals surface area contributed by atoms with Gasteiger partial charge in [0.2, 0.25) is 0 Å². The number of halogens is 2. The molecule has 0 bridgehead atoms. The highest BCUT2D eigenvalue weighted by Gasteiger charge is 2.02. The van der Waals surface area contributed by atoms with Crippen LogP contribution in [0.15, 0.2) is 29.4 Å². The maximum atomic E-state index is 10.7. The van der Waals surface area contributed by atoms with Gasteiger partial charge in [-0.2, -0.15) is 0 Å². The van der Waals surface area contributed by atoms with E-state index in [0.717, 1.165) is 5.56 Å². The Kier molecular flexibility index (Phi) is 4.59. The van der Waals surface area contributed by atoms with Crippen LogP contribution in [0.3, 0.4) is 0 Å². The highest BCUT2D eigenvalue weighted by molar-refractivity contribution is 6.69. The quantitative estimate of drug-likeness (QED) is 0.356. The minimum atomic E-state index is -0.637. The first-order valence-corrected chi connectivity index (χ1v) is 5.11. The standard InChI is InChI=1S/C10H9Cl2NO2/c1-7-2-4-8(5-3-7)10(12)13-15-9(14)6-11/h2-5H,6H2,1H3/b13-10+. The molecule has 0 aliphatic heterocycles. The first kappa shape index (κ1) is 12.0. The summed E-state index contributed by atoms with van der Waals surface area (Å²) in [5, 5.41) is 3.56. The molecule has 0 amide bonds. The minimum absolute atomic E-state index is 0.119. The van der Waals surface area contributed by atoms with E-state index in [1.165, 1.54) is 0 Å². The van der Waals surface area contributed by atoms with Crippen molar-refractivity contribution in [3.63, 3.8) is 0 Å². The fraction of sp³-hybridized carbons (Fsp3) is 0.200. The van der Waals surface area contributed by atoms with E-state index >= 15 is 0 Å². The molecule has 0 radical (unpaired) electrons. The third-order valence-electron chi connectivity index (χ3n) is 1.63. The Labute approximate surface area is 97.6 Å². The van der Waals surface area contributed by atoms with Crippen LogP contribution >= 0.6 is 23.2 Å². The zero-order chi connectivity index (χ0) is 11.3. The van der Waals surface area contributed by atoms with Crippen molar-refractivity contribution in [1.29, 1.82) is 0 Å². The zero-order valence-electron chi connectivity index (χ0n) is 8.04. The van der Waals surface area contributed by atoms with Gasteiger partial charge in [-0.3, -0.25) is 0 Å². The van der Waals surface area contributed by atoms with Gasteiger partial charge in [-0.1, -0.05) is 46.6 Å². The van der Waals surface area contributed by atoms with E-state index in [1.54, 1.807) is 12.1 Å². The van der Waals surface area contributed by atoms with Gasteiger partial charge in [0.25, 0.3) is 0 Å². The molecule has 1 aromatic carbocycles. The lowest BCUT2D eigenvalue weighted by Crippen LogP contribution is -2.02. The largest absolute Gasteiger partial charge is 0.349 e. The topological polar surface area (TPSA) is 38.7 Å². The summed E-state index contributed by atoms with van der Waals surface area (Å²) < 4.78 is 0. The number of oxime groups is 1. The van der Waals surface area contributed by atoms with E-state index in [9.17, 15) is 4.79 Å². The van der Waals surface area contributed by atoms with Gasteiger partial charge in [-0.25, -0.2) is 4.79 Å². The van der Waals surface area contributed by atoms with Crippen LogP contribution in [-0.2, 0) is 9.63 Å². The van der Waals surface area contributed by atoms with Crippen LogP contribution in [0.2, 0.25) is 0 Å². The van der Waals surface area contributed by atoms with Gasteiger partial charge in [0.05, 0.1) is 0 Å². The van der Waals surface area contributed by atoms with E-state index in [0.29, 0.717) is 5.56 Å². The van der Waals surface area contributed by atoms with Crippen molar-refractivity contribution in [2.75, 3.05) is 5.88 Å². The van der Waals surface area contributed by atoms with Gasteiger partial charge in [-0.15, -0.1) is 11.6 Å². The second-order valence-electron chi connectivity index (χ2n) is 2.85. The van der Waals surface area contributed by atoms with E-state index in [4.69, 9.17) is 23.2 Å². The molecule has 0 saturated heterocycles. The lowest BCUT2D eigenvalue weighted by molar-refractivity contribution is -0.140. The number of alkyl halides is 1. The van der Waals surface area contributed by atoms with E-state index in [2.05, 4.69) is 9.99 Å². The predicted octanol–water partition coefficient (Wildman–Crippen LogP) is 2.68. The van der Waals surface area contributed by atoms with Crippen LogP contribution in [-0.4, -0.2) is 17.0 Å². The molecule has 0 N–H and O–H groups in total. The third kappa shape index (κ3) is 3.90. The van der Waals surface area contributed by atoms with Gasteiger partial charge >= 0.3 is 5.97 Å². The molecule has 1 aromatic rings. The van der Waals surface area contributed by atoms with Gasteiger partial charge < -0.3 is 4.84 Å². The van der Waals surface area contributed by atoms with Crippen molar-refractivity contribution in [3.8, 4) is 0 Å². The normalized spacial score (nSPS) is 11.3. The number of hydrogen-bond donors (Lipinski definition) is 0. The average Bonchev–Trinajstić information content (AvgIpc) is 2.26. The first-order chi connectivity index (χ1) is 7.13. The fourth-order valence-corrected chi connectivity index (χ4v) is 1.07. The van der Waals surface area contributed by atoms with Crippen molar-refractivity contribution < 1.29 is 9.63 Å². The number of hydrogen-bond acceptors (Lipinski definition) is 3. The summed E-state index contributed by atoms with van der Waals surface area (Å²) in [6.45, 7) is 1.96. The summed E-state index contributed by atoms with van der Waals surface area (Å²) in [5.41, 5.74) is 1.80. The molecule has 0 saturated carbocycles. The first-order valence-electron chi connectivity index (χ1n) is 4.20. The lowest BCUT2D eigenvalue weighted by atomic mass is 10.2. The van der Waals surface area contributed by atoms with Gasteiger partial charge in [0.15, 0.2) is 5.17 Å². The highest BCUT2D eigenvalue weighted by atomic mass is 35.5. The summed E-state index contributed by atoms with van der Waals surface area (Å²) in [6, 6.07) is 7.35. The maximum absolute atomic E-state index is 10.7. The molecular formula is C10H9Cl2NO2. The highest BCUT2D eigenvalue weighted by Crippen LogP contribution is 2.07. The third-order valence-corrected chi connectivity index (χ3v) is 2.13. The van der Waals surface area contributed by atoms with Crippen molar-refractivity contribution in [1.82, 2.24) is 0 Å². The number of aryl methyl sites for hydroxylation is 1. The van der Waals surface area contributed by atoms with E-state index in [1.807, 2.05) is 19.1 Å². The Balaban J connectivity index is 2.71.